The van der Waals surface area contributed by atoms with Gasteiger partial charge in [-0.25, -0.2) is 4.79 Å². The average molecular weight is 187 g/mol. The van der Waals surface area contributed by atoms with E-state index in [9.17, 15) is 4.79 Å². The Morgan fingerprint density at radius 2 is 2.33 bits per heavy atom. The van der Waals surface area contributed by atoms with Gasteiger partial charge >= 0.3 is 5.69 Å². The molecule has 0 saturated heterocycles. The molecular formula is C8H11ClN2O. The molecule has 0 aliphatic carbocycles. The number of imidazole rings is 1. The van der Waals surface area contributed by atoms with Crippen LogP contribution in [0.1, 0.15) is 6.92 Å². The molecule has 0 spiro atoms. The van der Waals surface area contributed by atoms with Gasteiger partial charge in [0.05, 0.1) is 0 Å². The standard InChI is InChI=1S/C8H11ClN2O/c1-7(2)11-6-5-10(4-3-9)8(11)12/h5-6H,1,3-4H2,2H3. The maximum Gasteiger partial charge on any atom is 0.332 e. The van der Waals surface area contributed by atoms with Crippen LogP contribution in [0.4, 0.5) is 0 Å². The number of allylic oxidation sites excluding steroid dienone is 1. The fourth-order valence-electron chi connectivity index (χ4n) is 0.965. The minimum absolute atomic E-state index is 0.0804. The van der Waals surface area contributed by atoms with Gasteiger partial charge < -0.3 is 0 Å². The highest BCUT2D eigenvalue weighted by Crippen LogP contribution is 1.95. The average Bonchev–Trinajstić information content (AvgIpc) is 2.34. The molecule has 0 atom stereocenters. The molecule has 12 heavy (non-hydrogen) atoms. The van der Waals surface area contributed by atoms with Crippen LogP contribution in [-0.4, -0.2) is 15.0 Å². The van der Waals surface area contributed by atoms with Crippen molar-refractivity contribution in [3.05, 3.63) is 29.5 Å². The molecule has 0 N–H and O–H groups in total. The lowest BCUT2D eigenvalue weighted by Crippen LogP contribution is -2.23. The zero-order chi connectivity index (χ0) is 9.14. The summed E-state index contributed by atoms with van der Waals surface area (Å²) in [6, 6.07) is 0. The number of aryl methyl sites for hydroxylation is 1. The van der Waals surface area contributed by atoms with Crippen molar-refractivity contribution in [1.29, 1.82) is 0 Å². The molecular weight excluding hydrogens is 176 g/mol. The van der Waals surface area contributed by atoms with Crippen LogP contribution in [0.2, 0.25) is 0 Å². The quantitative estimate of drug-likeness (QED) is 0.656. The van der Waals surface area contributed by atoms with Crippen LogP contribution in [0.3, 0.4) is 0 Å². The van der Waals surface area contributed by atoms with Gasteiger partial charge in [0.1, 0.15) is 0 Å². The van der Waals surface area contributed by atoms with Crippen LogP contribution in [0.25, 0.3) is 5.70 Å². The maximum atomic E-state index is 11.4. The van der Waals surface area contributed by atoms with Crippen molar-refractivity contribution in [2.24, 2.45) is 0 Å². The first kappa shape index (κ1) is 9.13. The van der Waals surface area contributed by atoms with Gasteiger partial charge in [-0.2, -0.15) is 0 Å². The molecule has 0 amide bonds. The van der Waals surface area contributed by atoms with E-state index in [2.05, 4.69) is 6.58 Å². The largest absolute Gasteiger partial charge is 0.332 e. The van der Waals surface area contributed by atoms with Crippen LogP contribution in [0.15, 0.2) is 23.8 Å². The lowest BCUT2D eigenvalue weighted by atomic mass is 10.5. The maximum absolute atomic E-state index is 11.4. The Labute approximate surface area is 75.9 Å². The Bertz CT molecular complexity index is 337. The molecule has 1 rings (SSSR count). The smallest absolute Gasteiger partial charge is 0.298 e. The van der Waals surface area contributed by atoms with E-state index in [0.717, 1.165) is 0 Å². The summed E-state index contributed by atoms with van der Waals surface area (Å²) in [6.45, 7) is 6.00. The number of nitrogens with zero attached hydrogens (tertiary/aromatic N) is 2. The molecule has 0 aromatic carbocycles. The van der Waals surface area contributed by atoms with Gasteiger partial charge in [0, 0.05) is 30.5 Å². The van der Waals surface area contributed by atoms with Gasteiger partial charge in [0.25, 0.3) is 0 Å². The summed E-state index contributed by atoms with van der Waals surface area (Å²) in [6.07, 6.45) is 3.40. The summed E-state index contributed by atoms with van der Waals surface area (Å²) in [5.74, 6) is 0.445. The highest BCUT2D eigenvalue weighted by molar-refractivity contribution is 6.17. The third-order valence-electron chi connectivity index (χ3n) is 1.58. The molecule has 66 valence electrons. The molecule has 0 aliphatic rings. The number of halogens is 1. The van der Waals surface area contributed by atoms with Crippen LogP contribution in [0.5, 0.6) is 0 Å². The number of hydrogen-bond acceptors (Lipinski definition) is 1. The Morgan fingerprint density at radius 3 is 2.75 bits per heavy atom. The molecule has 1 heterocycles. The highest BCUT2D eigenvalue weighted by Gasteiger charge is 2.01. The molecule has 1 aromatic rings. The molecule has 0 aliphatic heterocycles. The molecule has 0 saturated carbocycles. The Balaban J connectivity index is 3.05. The van der Waals surface area contributed by atoms with E-state index in [0.29, 0.717) is 18.1 Å². The second-order valence-corrected chi connectivity index (χ2v) is 2.95. The van der Waals surface area contributed by atoms with Crippen molar-refractivity contribution >= 4 is 17.3 Å². The highest BCUT2D eigenvalue weighted by atomic mass is 35.5. The third-order valence-corrected chi connectivity index (χ3v) is 1.75. The van der Waals surface area contributed by atoms with Crippen molar-refractivity contribution < 1.29 is 0 Å². The Kier molecular flexibility index (Phi) is 2.76. The summed E-state index contributed by atoms with van der Waals surface area (Å²) >= 11 is 5.51. The molecule has 0 unspecified atom stereocenters. The van der Waals surface area contributed by atoms with E-state index in [1.54, 1.807) is 23.9 Å². The molecule has 0 radical (unpaired) electrons. The number of rotatable bonds is 3. The molecule has 0 fully saturated rings. The lowest BCUT2D eigenvalue weighted by Gasteiger charge is -1.97. The summed E-state index contributed by atoms with van der Waals surface area (Å²) < 4.78 is 3.05. The van der Waals surface area contributed by atoms with Gasteiger partial charge in [-0.05, 0) is 6.92 Å². The fraction of sp³-hybridized carbons (Fsp3) is 0.375. The topological polar surface area (TPSA) is 26.9 Å². The van der Waals surface area contributed by atoms with Gasteiger partial charge in [-0.1, -0.05) is 6.58 Å². The minimum Gasteiger partial charge on any atom is -0.298 e. The van der Waals surface area contributed by atoms with Crippen molar-refractivity contribution in [3.8, 4) is 0 Å². The molecule has 4 heteroatoms. The van der Waals surface area contributed by atoms with E-state index in [1.165, 1.54) is 4.57 Å². The van der Waals surface area contributed by atoms with Crippen molar-refractivity contribution in [3.63, 3.8) is 0 Å². The van der Waals surface area contributed by atoms with E-state index < -0.39 is 0 Å². The number of aromatic nitrogens is 2. The summed E-state index contributed by atoms with van der Waals surface area (Å²) in [7, 11) is 0. The second kappa shape index (κ2) is 3.63. The Hall–Kier alpha value is -0.960. The van der Waals surface area contributed by atoms with E-state index in [1.807, 2.05) is 0 Å². The van der Waals surface area contributed by atoms with Crippen LogP contribution in [0, 0.1) is 0 Å². The van der Waals surface area contributed by atoms with E-state index in [-0.39, 0.29) is 5.69 Å². The van der Waals surface area contributed by atoms with E-state index >= 15 is 0 Å². The lowest BCUT2D eigenvalue weighted by molar-refractivity contribution is 0.720. The zero-order valence-corrected chi connectivity index (χ0v) is 7.71. The van der Waals surface area contributed by atoms with Crippen molar-refractivity contribution in [2.45, 2.75) is 13.5 Å². The molecule has 0 bridgehead atoms. The SMILES string of the molecule is C=C(C)n1ccn(CCCl)c1=O. The van der Waals surface area contributed by atoms with Crippen LogP contribution < -0.4 is 5.69 Å². The first-order chi connectivity index (χ1) is 5.66. The predicted octanol–water partition coefficient (Wildman–Crippen LogP) is 1.38. The normalized spacial score (nSPS) is 10.2. The summed E-state index contributed by atoms with van der Waals surface area (Å²) in [5.41, 5.74) is 0.636. The second-order valence-electron chi connectivity index (χ2n) is 2.57. The molecule has 1 aromatic heterocycles. The van der Waals surface area contributed by atoms with Crippen molar-refractivity contribution in [2.75, 3.05) is 5.88 Å². The number of alkyl halides is 1. The third kappa shape index (κ3) is 1.61. The predicted molar refractivity (Wildman–Crippen MR) is 50.4 cm³/mol. The van der Waals surface area contributed by atoms with Gasteiger partial charge in [-0.3, -0.25) is 9.13 Å². The van der Waals surface area contributed by atoms with Crippen molar-refractivity contribution in [1.82, 2.24) is 9.13 Å². The van der Waals surface area contributed by atoms with Gasteiger partial charge in [0.15, 0.2) is 0 Å². The van der Waals surface area contributed by atoms with Gasteiger partial charge in [0.2, 0.25) is 0 Å². The number of hydrogen-bond donors (Lipinski definition) is 0. The van der Waals surface area contributed by atoms with Gasteiger partial charge in [-0.15, -0.1) is 11.6 Å². The summed E-state index contributed by atoms with van der Waals surface area (Å²) in [5, 5.41) is 0. The Morgan fingerprint density at radius 1 is 1.67 bits per heavy atom. The van der Waals surface area contributed by atoms with Crippen LogP contribution >= 0.6 is 11.6 Å². The summed E-state index contributed by atoms with van der Waals surface area (Å²) in [4.78, 5) is 11.4. The first-order valence-corrected chi connectivity index (χ1v) is 4.20. The molecule has 3 nitrogen and oxygen atoms in total. The fourth-order valence-corrected chi connectivity index (χ4v) is 1.15. The van der Waals surface area contributed by atoms with Crippen LogP contribution in [-0.2, 0) is 6.54 Å². The minimum atomic E-state index is -0.0804. The zero-order valence-electron chi connectivity index (χ0n) is 6.96. The first-order valence-electron chi connectivity index (χ1n) is 3.66. The monoisotopic (exact) mass is 186 g/mol. The van der Waals surface area contributed by atoms with E-state index in [4.69, 9.17) is 11.6 Å².